The molecule has 1 aromatic rings. The van der Waals surface area contributed by atoms with Crippen LogP contribution in [0.1, 0.15) is 31.7 Å². The molecule has 0 spiro atoms. The Hall–Kier alpha value is -1.42. The molecule has 0 unspecified atom stereocenters. The van der Waals surface area contributed by atoms with Gasteiger partial charge in [0.1, 0.15) is 0 Å². The summed E-state index contributed by atoms with van der Waals surface area (Å²) < 4.78 is 16.4. The fourth-order valence-electron chi connectivity index (χ4n) is 1.72. The molecule has 4 heteroatoms. The van der Waals surface area contributed by atoms with Gasteiger partial charge in [0.25, 0.3) is 0 Å². The fraction of sp³-hybridized carbons (Fsp3) is 0.571. The lowest BCUT2D eigenvalue weighted by atomic mass is 10.2. The molecule has 0 radical (unpaired) electrons. The van der Waals surface area contributed by atoms with Crippen molar-refractivity contribution in [1.29, 1.82) is 0 Å². The molecule has 1 rings (SSSR count). The molecule has 0 atom stereocenters. The predicted octanol–water partition coefficient (Wildman–Crippen LogP) is 2.73. The van der Waals surface area contributed by atoms with Gasteiger partial charge in [0.2, 0.25) is 5.75 Å². The molecule has 4 nitrogen and oxygen atoms in total. The van der Waals surface area contributed by atoms with Crippen LogP contribution in [0.2, 0.25) is 0 Å². The Morgan fingerprint density at radius 1 is 1.06 bits per heavy atom. The molecule has 0 aliphatic carbocycles. The van der Waals surface area contributed by atoms with Gasteiger partial charge in [-0.2, -0.15) is 0 Å². The van der Waals surface area contributed by atoms with Crippen molar-refractivity contribution >= 4 is 0 Å². The third-order valence-electron chi connectivity index (χ3n) is 2.75. The molecule has 0 amide bonds. The molecule has 0 bridgehead atoms. The van der Waals surface area contributed by atoms with Gasteiger partial charge in [-0.15, -0.1) is 0 Å². The van der Waals surface area contributed by atoms with E-state index in [0.29, 0.717) is 30.4 Å². The highest BCUT2D eigenvalue weighted by Crippen LogP contribution is 2.38. The summed E-state index contributed by atoms with van der Waals surface area (Å²) in [4.78, 5) is 0. The summed E-state index contributed by atoms with van der Waals surface area (Å²) in [6.07, 6.45) is 3.36. The highest BCUT2D eigenvalue weighted by Gasteiger charge is 2.13. The third-order valence-corrected chi connectivity index (χ3v) is 2.75. The van der Waals surface area contributed by atoms with Crippen LogP contribution in [-0.2, 0) is 6.54 Å². The normalized spacial score (nSPS) is 10.2. The summed E-state index contributed by atoms with van der Waals surface area (Å²) in [5.41, 5.74) is 6.60. The minimum absolute atomic E-state index is 0.447. The monoisotopic (exact) mass is 253 g/mol. The Labute approximate surface area is 109 Å². The van der Waals surface area contributed by atoms with E-state index in [4.69, 9.17) is 19.9 Å². The van der Waals surface area contributed by atoms with Crippen LogP contribution in [-0.4, -0.2) is 20.8 Å². The van der Waals surface area contributed by atoms with Gasteiger partial charge in [-0.25, -0.2) is 0 Å². The summed E-state index contributed by atoms with van der Waals surface area (Å²) in [6, 6.07) is 3.77. The minimum atomic E-state index is 0.447. The average Bonchev–Trinajstić information content (AvgIpc) is 2.42. The molecule has 0 heterocycles. The smallest absolute Gasteiger partial charge is 0.203 e. The standard InChI is InChI=1S/C14H23NO3/c1-4-5-6-7-18-14-12(16-2)8-11(10-15)9-13(14)17-3/h8-9H,4-7,10,15H2,1-3H3. The summed E-state index contributed by atoms with van der Waals surface area (Å²) in [5, 5.41) is 0. The fourth-order valence-corrected chi connectivity index (χ4v) is 1.72. The van der Waals surface area contributed by atoms with E-state index in [0.717, 1.165) is 18.4 Å². The summed E-state index contributed by atoms with van der Waals surface area (Å²) in [5.74, 6) is 2.01. The summed E-state index contributed by atoms with van der Waals surface area (Å²) in [7, 11) is 3.24. The third kappa shape index (κ3) is 3.81. The zero-order chi connectivity index (χ0) is 13.4. The van der Waals surface area contributed by atoms with Crippen molar-refractivity contribution < 1.29 is 14.2 Å². The largest absolute Gasteiger partial charge is 0.493 e. The molecular weight excluding hydrogens is 230 g/mol. The first-order chi connectivity index (χ1) is 8.76. The lowest BCUT2D eigenvalue weighted by Crippen LogP contribution is -2.04. The van der Waals surface area contributed by atoms with Crippen LogP contribution >= 0.6 is 0 Å². The van der Waals surface area contributed by atoms with Crippen LogP contribution < -0.4 is 19.9 Å². The first-order valence-corrected chi connectivity index (χ1v) is 6.34. The van der Waals surface area contributed by atoms with Crippen molar-refractivity contribution in [3.05, 3.63) is 17.7 Å². The molecule has 2 N–H and O–H groups in total. The second-order valence-electron chi connectivity index (χ2n) is 4.09. The SMILES string of the molecule is CCCCCOc1c(OC)cc(CN)cc1OC. The van der Waals surface area contributed by atoms with Crippen molar-refractivity contribution in [3.8, 4) is 17.2 Å². The molecule has 102 valence electrons. The maximum absolute atomic E-state index is 5.76. The van der Waals surface area contributed by atoms with Crippen molar-refractivity contribution in [3.63, 3.8) is 0 Å². The van der Waals surface area contributed by atoms with E-state index in [9.17, 15) is 0 Å². The first kappa shape index (κ1) is 14.6. The molecule has 1 aromatic carbocycles. The average molecular weight is 253 g/mol. The van der Waals surface area contributed by atoms with Crippen molar-refractivity contribution in [2.45, 2.75) is 32.7 Å². The zero-order valence-corrected chi connectivity index (χ0v) is 11.5. The second kappa shape index (κ2) is 7.82. The molecule has 0 aromatic heterocycles. The van der Waals surface area contributed by atoms with Gasteiger partial charge in [0, 0.05) is 6.54 Å². The number of rotatable bonds is 8. The Balaban J connectivity index is 2.85. The second-order valence-corrected chi connectivity index (χ2v) is 4.09. The molecule has 0 saturated carbocycles. The van der Waals surface area contributed by atoms with E-state index in [1.165, 1.54) is 6.42 Å². The van der Waals surface area contributed by atoms with E-state index < -0.39 is 0 Å². The number of benzene rings is 1. The van der Waals surface area contributed by atoms with Gasteiger partial charge in [-0.3, -0.25) is 0 Å². The number of ether oxygens (including phenoxy) is 3. The van der Waals surface area contributed by atoms with Crippen LogP contribution in [0.25, 0.3) is 0 Å². The maximum atomic E-state index is 5.76. The molecular formula is C14H23NO3. The quantitative estimate of drug-likeness (QED) is 0.724. The van der Waals surface area contributed by atoms with Crippen LogP contribution in [0, 0.1) is 0 Å². The number of hydrogen-bond acceptors (Lipinski definition) is 4. The van der Waals surface area contributed by atoms with E-state index in [1.54, 1.807) is 14.2 Å². The number of methoxy groups -OCH3 is 2. The summed E-state index contributed by atoms with van der Waals surface area (Å²) >= 11 is 0. The van der Waals surface area contributed by atoms with Crippen LogP contribution in [0.5, 0.6) is 17.2 Å². The van der Waals surface area contributed by atoms with Crippen molar-refractivity contribution in [2.75, 3.05) is 20.8 Å². The Morgan fingerprint density at radius 3 is 2.11 bits per heavy atom. The zero-order valence-electron chi connectivity index (χ0n) is 11.5. The Kier molecular flexibility index (Phi) is 6.36. The van der Waals surface area contributed by atoms with Gasteiger partial charge < -0.3 is 19.9 Å². The lowest BCUT2D eigenvalue weighted by molar-refractivity contribution is 0.268. The van der Waals surface area contributed by atoms with Crippen LogP contribution in [0.3, 0.4) is 0 Å². The molecule has 0 aliphatic heterocycles. The first-order valence-electron chi connectivity index (χ1n) is 6.34. The van der Waals surface area contributed by atoms with Gasteiger partial charge in [0.05, 0.1) is 20.8 Å². The van der Waals surface area contributed by atoms with Gasteiger partial charge in [-0.1, -0.05) is 19.8 Å². The molecule has 18 heavy (non-hydrogen) atoms. The Bertz CT molecular complexity index is 341. The van der Waals surface area contributed by atoms with E-state index in [-0.39, 0.29) is 0 Å². The van der Waals surface area contributed by atoms with Crippen LogP contribution in [0.4, 0.5) is 0 Å². The Morgan fingerprint density at radius 2 is 1.67 bits per heavy atom. The van der Waals surface area contributed by atoms with E-state index >= 15 is 0 Å². The van der Waals surface area contributed by atoms with Gasteiger partial charge in [-0.05, 0) is 24.1 Å². The highest BCUT2D eigenvalue weighted by molar-refractivity contribution is 5.53. The topological polar surface area (TPSA) is 53.7 Å². The highest BCUT2D eigenvalue weighted by atomic mass is 16.5. The van der Waals surface area contributed by atoms with E-state index in [2.05, 4.69) is 6.92 Å². The lowest BCUT2D eigenvalue weighted by Gasteiger charge is -2.15. The molecule has 0 saturated heterocycles. The molecule has 0 aliphatic rings. The van der Waals surface area contributed by atoms with Gasteiger partial charge in [0.15, 0.2) is 11.5 Å². The number of nitrogens with two attached hydrogens (primary N) is 1. The van der Waals surface area contributed by atoms with Crippen molar-refractivity contribution in [2.24, 2.45) is 5.73 Å². The number of hydrogen-bond donors (Lipinski definition) is 1. The minimum Gasteiger partial charge on any atom is -0.493 e. The van der Waals surface area contributed by atoms with Crippen LogP contribution in [0.15, 0.2) is 12.1 Å². The number of unbranched alkanes of at least 4 members (excludes halogenated alkanes) is 2. The predicted molar refractivity (Wildman–Crippen MR) is 72.5 cm³/mol. The maximum Gasteiger partial charge on any atom is 0.203 e. The van der Waals surface area contributed by atoms with Crippen molar-refractivity contribution in [1.82, 2.24) is 0 Å². The molecule has 0 fully saturated rings. The summed E-state index contributed by atoms with van der Waals surface area (Å²) in [6.45, 7) is 3.28. The van der Waals surface area contributed by atoms with E-state index in [1.807, 2.05) is 12.1 Å². The van der Waals surface area contributed by atoms with Gasteiger partial charge >= 0.3 is 0 Å².